The third kappa shape index (κ3) is 8.06. The summed E-state index contributed by atoms with van der Waals surface area (Å²) in [5.74, 6) is -2.55. The first-order chi connectivity index (χ1) is 9.40. The van der Waals surface area contributed by atoms with Gasteiger partial charge in [-0.25, -0.2) is 0 Å². The molecule has 114 valence electrons. The van der Waals surface area contributed by atoms with E-state index in [0.717, 1.165) is 4.90 Å². The average Bonchev–Trinajstić information content (AvgIpc) is 2.35. The molecule has 0 aromatic heterocycles. The Morgan fingerprint density at radius 3 is 2.15 bits per heavy atom. The van der Waals surface area contributed by atoms with Crippen LogP contribution in [0.1, 0.15) is 26.7 Å². The van der Waals surface area contributed by atoms with E-state index in [4.69, 9.17) is 5.11 Å². The quantitative estimate of drug-likeness (QED) is 0.500. The largest absolute Gasteiger partial charge is 0.480 e. The molecule has 0 saturated carbocycles. The molecule has 0 radical (unpaired) electrons. The number of aliphatic carboxylic acids is 1. The molecule has 0 aliphatic rings. The van der Waals surface area contributed by atoms with E-state index >= 15 is 0 Å². The molecule has 0 bridgehead atoms. The third-order valence-corrected chi connectivity index (χ3v) is 2.30. The molecule has 0 rings (SSSR count). The fraction of sp³-hybridized carbons (Fsp3) is 0.667. The van der Waals surface area contributed by atoms with Crippen LogP contribution in [-0.2, 0) is 19.2 Å². The van der Waals surface area contributed by atoms with Crippen molar-refractivity contribution in [2.45, 2.75) is 26.7 Å². The molecular weight excluding hydrogens is 266 g/mol. The zero-order valence-corrected chi connectivity index (χ0v) is 11.8. The van der Waals surface area contributed by atoms with Gasteiger partial charge in [0.2, 0.25) is 17.7 Å². The van der Waals surface area contributed by atoms with E-state index in [9.17, 15) is 19.2 Å². The van der Waals surface area contributed by atoms with Gasteiger partial charge >= 0.3 is 5.97 Å². The Morgan fingerprint density at radius 1 is 1.00 bits per heavy atom. The Bertz CT molecular complexity index is 370. The summed E-state index contributed by atoms with van der Waals surface area (Å²) in [5.41, 5.74) is 0. The Kier molecular flexibility index (Phi) is 8.73. The van der Waals surface area contributed by atoms with E-state index in [-0.39, 0.29) is 19.0 Å². The van der Waals surface area contributed by atoms with Gasteiger partial charge in [0.25, 0.3) is 0 Å². The SMILES string of the molecule is CCCC(=O)NCC(=O)N(CC(=O)O)CC(=O)NCC. The van der Waals surface area contributed by atoms with Crippen molar-refractivity contribution in [2.24, 2.45) is 0 Å². The minimum atomic E-state index is -1.22. The van der Waals surface area contributed by atoms with Gasteiger partial charge in [0.1, 0.15) is 13.1 Å². The highest BCUT2D eigenvalue weighted by Crippen LogP contribution is 1.92. The van der Waals surface area contributed by atoms with E-state index in [1.165, 1.54) is 0 Å². The van der Waals surface area contributed by atoms with Crippen LogP contribution in [0.3, 0.4) is 0 Å². The smallest absolute Gasteiger partial charge is 0.323 e. The molecule has 8 heteroatoms. The lowest BCUT2D eigenvalue weighted by molar-refractivity contribution is -0.145. The fourth-order valence-electron chi connectivity index (χ4n) is 1.42. The summed E-state index contributed by atoms with van der Waals surface area (Å²) in [4.78, 5) is 46.0. The van der Waals surface area contributed by atoms with Gasteiger partial charge in [-0.2, -0.15) is 0 Å². The minimum Gasteiger partial charge on any atom is -0.480 e. The number of likely N-dealkylation sites (N-methyl/N-ethyl adjacent to an activating group) is 1. The predicted molar refractivity (Wildman–Crippen MR) is 70.8 cm³/mol. The van der Waals surface area contributed by atoms with Crippen molar-refractivity contribution in [3.05, 3.63) is 0 Å². The number of rotatable bonds is 9. The number of carboxylic acids is 1. The van der Waals surface area contributed by atoms with Crippen LogP contribution in [0, 0.1) is 0 Å². The molecule has 0 aliphatic carbocycles. The van der Waals surface area contributed by atoms with E-state index in [1.54, 1.807) is 6.92 Å². The van der Waals surface area contributed by atoms with Crippen molar-refractivity contribution in [3.8, 4) is 0 Å². The highest BCUT2D eigenvalue weighted by molar-refractivity contribution is 5.90. The van der Waals surface area contributed by atoms with E-state index in [1.807, 2.05) is 6.92 Å². The van der Waals surface area contributed by atoms with Gasteiger partial charge < -0.3 is 20.6 Å². The lowest BCUT2D eigenvalue weighted by Gasteiger charge is -2.20. The van der Waals surface area contributed by atoms with Crippen molar-refractivity contribution < 1.29 is 24.3 Å². The number of hydrogen-bond acceptors (Lipinski definition) is 4. The molecule has 3 N–H and O–H groups in total. The molecule has 0 atom stereocenters. The second-order valence-electron chi connectivity index (χ2n) is 4.12. The molecular formula is C12H21N3O5. The molecule has 0 unspecified atom stereocenters. The lowest BCUT2D eigenvalue weighted by atomic mass is 10.3. The van der Waals surface area contributed by atoms with Gasteiger partial charge in [0, 0.05) is 13.0 Å². The predicted octanol–water partition coefficient (Wildman–Crippen LogP) is -1.05. The third-order valence-electron chi connectivity index (χ3n) is 2.30. The van der Waals surface area contributed by atoms with Crippen molar-refractivity contribution >= 4 is 23.7 Å². The zero-order chi connectivity index (χ0) is 15.5. The number of hydrogen-bond donors (Lipinski definition) is 3. The highest BCUT2D eigenvalue weighted by atomic mass is 16.4. The summed E-state index contributed by atoms with van der Waals surface area (Å²) in [6.45, 7) is 2.69. The van der Waals surface area contributed by atoms with Gasteiger partial charge in [-0.15, -0.1) is 0 Å². The van der Waals surface area contributed by atoms with Gasteiger partial charge in [-0.05, 0) is 13.3 Å². The van der Waals surface area contributed by atoms with Gasteiger partial charge in [-0.1, -0.05) is 6.92 Å². The summed E-state index contributed by atoms with van der Waals surface area (Å²) in [6, 6.07) is 0. The monoisotopic (exact) mass is 287 g/mol. The summed E-state index contributed by atoms with van der Waals surface area (Å²) < 4.78 is 0. The number of carboxylic acid groups (broad SMARTS) is 1. The summed E-state index contributed by atoms with van der Waals surface area (Å²) in [5, 5.41) is 13.6. The number of amides is 3. The molecule has 3 amide bonds. The van der Waals surface area contributed by atoms with E-state index in [0.29, 0.717) is 19.4 Å². The normalized spacial score (nSPS) is 9.70. The maximum absolute atomic E-state index is 11.8. The topological polar surface area (TPSA) is 116 Å². The van der Waals surface area contributed by atoms with Crippen LogP contribution in [-0.4, -0.2) is 59.9 Å². The van der Waals surface area contributed by atoms with Crippen LogP contribution in [0.5, 0.6) is 0 Å². The van der Waals surface area contributed by atoms with Crippen LogP contribution in [0.25, 0.3) is 0 Å². The Balaban J connectivity index is 4.44. The minimum absolute atomic E-state index is 0.283. The Labute approximate surface area is 117 Å². The Hall–Kier alpha value is -2.12. The van der Waals surface area contributed by atoms with Crippen molar-refractivity contribution in [1.29, 1.82) is 0 Å². The Morgan fingerprint density at radius 2 is 1.65 bits per heavy atom. The van der Waals surface area contributed by atoms with Crippen LogP contribution in [0.15, 0.2) is 0 Å². The second kappa shape index (κ2) is 9.76. The maximum Gasteiger partial charge on any atom is 0.323 e. The first-order valence-electron chi connectivity index (χ1n) is 6.43. The second-order valence-corrected chi connectivity index (χ2v) is 4.12. The fourth-order valence-corrected chi connectivity index (χ4v) is 1.42. The molecule has 0 heterocycles. The molecule has 0 fully saturated rings. The molecule has 0 aromatic carbocycles. The maximum atomic E-state index is 11.8. The lowest BCUT2D eigenvalue weighted by Crippen LogP contribution is -2.47. The van der Waals surface area contributed by atoms with Crippen LogP contribution in [0.2, 0.25) is 0 Å². The number of nitrogens with zero attached hydrogens (tertiary/aromatic N) is 1. The molecule has 0 aliphatic heterocycles. The summed E-state index contributed by atoms with van der Waals surface area (Å²) in [6.07, 6.45) is 0.945. The average molecular weight is 287 g/mol. The van der Waals surface area contributed by atoms with Crippen molar-refractivity contribution in [1.82, 2.24) is 15.5 Å². The van der Waals surface area contributed by atoms with Crippen LogP contribution < -0.4 is 10.6 Å². The number of carbonyl (C=O) groups is 4. The van der Waals surface area contributed by atoms with Gasteiger partial charge in [0.15, 0.2) is 0 Å². The molecule has 0 aromatic rings. The molecule has 8 nitrogen and oxygen atoms in total. The van der Waals surface area contributed by atoms with E-state index in [2.05, 4.69) is 10.6 Å². The zero-order valence-electron chi connectivity index (χ0n) is 11.8. The van der Waals surface area contributed by atoms with Crippen molar-refractivity contribution in [2.75, 3.05) is 26.2 Å². The van der Waals surface area contributed by atoms with Crippen LogP contribution in [0.4, 0.5) is 0 Å². The highest BCUT2D eigenvalue weighted by Gasteiger charge is 2.19. The van der Waals surface area contributed by atoms with Gasteiger partial charge in [-0.3, -0.25) is 19.2 Å². The summed E-state index contributed by atoms with van der Waals surface area (Å²) >= 11 is 0. The molecule has 0 spiro atoms. The molecule has 20 heavy (non-hydrogen) atoms. The first kappa shape index (κ1) is 17.9. The van der Waals surface area contributed by atoms with E-state index < -0.39 is 24.3 Å². The first-order valence-corrected chi connectivity index (χ1v) is 6.43. The van der Waals surface area contributed by atoms with Gasteiger partial charge in [0.05, 0.1) is 6.54 Å². The van der Waals surface area contributed by atoms with Crippen LogP contribution >= 0.6 is 0 Å². The number of nitrogens with one attached hydrogen (secondary N) is 2. The standard InChI is InChI=1S/C12H21N3O5/c1-3-5-9(16)14-6-11(18)15(8-12(19)20)7-10(17)13-4-2/h3-8H2,1-2H3,(H,13,17)(H,14,16)(H,19,20). The molecule has 0 saturated heterocycles. The van der Waals surface area contributed by atoms with Crippen molar-refractivity contribution in [3.63, 3.8) is 0 Å². The number of carbonyl (C=O) groups excluding carboxylic acids is 3. The summed E-state index contributed by atoms with van der Waals surface area (Å²) in [7, 11) is 0.